The number of carbonyl (C=O) groups is 1. The van der Waals surface area contributed by atoms with E-state index in [9.17, 15) is 9.90 Å². The van der Waals surface area contributed by atoms with Gasteiger partial charge in [0.15, 0.2) is 0 Å². The molecule has 0 aromatic carbocycles. The molecule has 0 saturated heterocycles. The molecule has 0 radical (unpaired) electrons. The Balaban J connectivity index is 1.66. The number of nitrogens with zero attached hydrogens (tertiary/aromatic N) is 1. The first-order valence-corrected chi connectivity index (χ1v) is 8.28. The van der Waals surface area contributed by atoms with Gasteiger partial charge < -0.3 is 15.0 Å². The van der Waals surface area contributed by atoms with E-state index in [1.54, 1.807) is 6.07 Å². The molecule has 2 aliphatic carbocycles. The van der Waals surface area contributed by atoms with E-state index in [1.165, 1.54) is 6.42 Å². The standard InChI is InChI=1S/C16H23ClN2O2/c17-12-8-14(19(9-12)13-4-5-13)15(21)18-10-16(11-20)6-2-1-3-7-16/h8-9,13,20H,1-7,10-11H2,(H,18,21). The molecule has 2 saturated carbocycles. The van der Waals surface area contributed by atoms with Crippen LogP contribution in [0.25, 0.3) is 0 Å². The fraction of sp³-hybridized carbons (Fsp3) is 0.688. The van der Waals surface area contributed by atoms with E-state index in [0.29, 0.717) is 23.3 Å². The Morgan fingerprint density at radius 2 is 2.10 bits per heavy atom. The van der Waals surface area contributed by atoms with Crippen LogP contribution in [0.4, 0.5) is 0 Å². The third kappa shape index (κ3) is 3.27. The van der Waals surface area contributed by atoms with Crippen LogP contribution < -0.4 is 5.32 Å². The molecule has 2 aliphatic rings. The molecule has 4 nitrogen and oxygen atoms in total. The molecule has 1 aromatic heterocycles. The van der Waals surface area contributed by atoms with E-state index in [1.807, 2.05) is 10.8 Å². The summed E-state index contributed by atoms with van der Waals surface area (Å²) in [4.78, 5) is 12.4. The summed E-state index contributed by atoms with van der Waals surface area (Å²) in [5, 5.41) is 13.3. The minimum absolute atomic E-state index is 0.0767. The Morgan fingerprint density at radius 3 is 2.71 bits per heavy atom. The third-order valence-electron chi connectivity index (χ3n) is 4.86. The Hall–Kier alpha value is -1.00. The summed E-state index contributed by atoms with van der Waals surface area (Å²) in [6.07, 6.45) is 9.58. The maximum absolute atomic E-state index is 12.4. The molecule has 2 fully saturated rings. The highest BCUT2D eigenvalue weighted by molar-refractivity contribution is 6.31. The molecule has 1 heterocycles. The van der Waals surface area contributed by atoms with Gasteiger partial charge in [-0.25, -0.2) is 0 Å². The lowest BCUT2D eigenvalue weighted by Gasteiger charge is -2.35. The molecule has 3 rings (SSSR count). The predicted octanol–water partition coefficient (Wildman–Crippen LogP) is 3.15. The molecular formula is C16H23ClN2O2. The fourth-order valence-electron chi connectivity index (χ4n) is 3.33. The maximum atomic E-state index is 12.4. The highest BCUT2D eigenvalue weighted by atomic mass is 35.5. The Kier molecular flexibility index (Phi) is 4.27. The zero-order valence-corrected chi connectivity index (χ0v) is 13.0. The second-order valence-electron chi connectivity index (χ2n) is 6.58. The summed E-state index contributed by atoms with van der Waals surface area (Å²) < 4.78 is 1.99. The summed E-state index contributed by atoms with van der Waals surface area (Å²) in [6, 6.07) is 2.17. The predicted molar refractivity (Wildman–Crippen MR) is 82.7 cm³/mol. The molecule has 0 spiro atoms. The van der Waals surface area contributed by atoms with Gasteiger partial charge in [0, 0.05) is 24.2 Å². The van der Waals surface area contributed by atoms with Gasteiger partial charge in [0.2, 0.25) is 0 Å². The summed E-state index contributed by atoms with van der Waals surface area (Å²) in [7, 11) is 0. The van der Waals surface area contributed by atoms with Gasteiger partial charge in [0.1, 0.15) is 5.69 Å². The minimum atomic E-state index is -0.130. The van der Waals surface area contributed by atoms with Crippen molar-refractivity contribution in [3.05, 3.63) is 23.0 Å². The number of aliphatic hydroxyl groups excluding tert-OH is 1. The highest BCUT2D eigenvalue weighted by Gasteiger charge is 2.33. The fourth-order valence-corrected chi connectivity index (χ4v) is 3.54. The van der Waals surface area contributed by atoms with Crippen LogP contribution >= 0.6 is 11.6 Å². The van der Waals surface area contributed by atoms with Crippen LogP contribution in [0.2, 0.25) is 5.02 Å². The van der Waals surface area contributed by atoms with Gasteiger partial charge in [-0.05, 0) is 31.7 Å². The van der Waals surface area contributed by atoms with Gasteiger partial charge in [-0.3, -0.25) is 4.79 Å². The van der Waals surface area contributed by atoms with Crippen LogP contribution in [-0.4, -0.2) is 28.7 Å². The number of amides is 1. The molecule has 116 valence electrons. The number of hydrogen-bond acceptors (Lipinski definition) is 2. The van der Waals surface area contributed by atoms with Crippen molar-refractivity contribution in [1.29, 1.82) is 0 Å². The number of carbonyl (C=O) groups excluding carboxylic acids is 1. The average molecular weight is 311 g/mol. The van der Waals surface area contributed by atoms with Crippen molar-refractivity contribution in [3.63, 3.8) is 0 Å². The molecular weight excluding hydrogens is 288 g/mol. The second kappa shape index (κ2) is 6.01. The molecule has 2 N–H and O–H groups in total. The largest absolute Gasteiger partial charge is 0.396 e. The van der Waals surface area contributed by atoms with Crippen molar-refractivity contribution in [1.82, 2.24) is 9.88 Å². The highest BCUT2D eigenvalue weighted by Crippen LogP contribution is 2.38. The minimum Gasteiger partial charge on any atom is -0.396 e. The monoisotopic (exact) mass is 310 g/mol. The van der Waals surface area contributed by atoms with Gasteiger partial charge in [-0.1, -0.05) is 30.9 Å². The smallest absolute Gasteiger partial charge is 0.267 e. The zero-order chi connectivity index (χ0) is 14.9. The quantitative estimate of drug-likeness (QED) is 0.878. The van der Waals surface area contributed by atoms with E-state index in [2.05, 4.69) is 5.32 Å². The lowest BCUT2D eigenvalue weighted by atomic mass is 9.74. The van der Waals surface area contributed by atoms with Gasteiger partial charge in [0.05, 0.1) is 11.6 Å². The van der Waals surface area contributed by atoms with Crippen molar-refractivity contribution in [2.24, 2.45) is 5.41 Å². The Labute approximate surface area is 130 Å². The van der Waals surface area contributed by atoms with Crippen molar-refractivity contribution >= 4 is 17.5 Å². The van der Waals surface area contributed by atoms with E-state index >= 15 is 0 Å². The van der Waals surface area contributed by atoms with Crippen molar-refractivity contribution in [2.75, 3.05) is 13.2 Å². The topological polar surface area (TPSA) is 54.3 Å². The van der Waals surface area contributed by atoms with Crippen LogP contribution in [0.15, 0.2) is 12.3 Å². The molecule has 5 heteroatoms. The molecule has 1 amide bonds. The summed E-state index contributed by atoms with van der Waals surface area (Å²) in [6.45, 7) is 0.702. The first-order chi connectivity index (χ1) is 10.1. The molecule has 0 bridgehead atoms. The van der Waals surface area contributed by atoms with E-state index < -0.39 is 0 Å². The summed E-state index contributed by atoms with van der Waals surface area (Å²) in [5.41, 5.74) is 0.515. The van der Waals surface area contributed by atoms with Crippen molar-refractivity contribution < 1.29 is 9.90 Å². The number of rotatable bonds is 5. The van der Waals surface area contributed by atoms with Crippen LogP contribution in [0.1, 0.15) is 61.5 Å². The molecule has 21 heavy (non-hydrogen) atoms. The molecule has 0 atom stereocenters. The number of hydrogen-bond donors (Lipinski definition) is 2. The van der Waals surface area contributed by atoms with Crippen LogP contribution in [0.3, 0.4) is 0 Å². The van der Waals surface area contributed by atoms with Crippen LogP contribution in [0.5, 0.6) is 0 Å². The van der Waals surface area contributed by atoms with Crippen molar-refractivity contribution in [3.8, 4) is 0 Å². The van der Waals surface area contributed by atoms with E-state index in [0.717, 1.165) is 38.5 Å². The normalized spacial score (nSPS) is 21.2. The van der Waals surface area contributed by atoms with Crippen molar-refractivity contribution in [2.45, 2.75) is 51.0 Å². The Bertz CT molecular complexity index is 516. The number of aliphatic hydroxyl groups is 1. The SMILES string of the molecule is O=C(NCC1(CO)CCCCC1)c1cc(Cl)cn1C1CC1. The van der Waals surface area contributed by atoms with E-state index in [4.69, 9.17) is 11.6 Å². The van der Waals surface area contributed by atoms with Gasteiger partial charge >= 0.3 is 0 Å². The molecule has 1 aromatic rings. The first-order valence-electron chi connectivity index (χ1n) is 7.90. The zero-order valence-electron chi connectivity index (χ0n) is 12.3. The second-order valence-corrected chi connectivity index (χ2v) is 7.02. The van der Waals surface area contributed by atoms with Crippen LogP contribution in [0, 0.1) is 5.41 Å². The van der Waals surface area contributed by atoms with Gasteiger partial charge in [0.25, 0.3) is 5.91 Å². The van der Waals surface area contributed by atoms with Gasteiger partial charge in [-0.15, -0.1) is 0 Å². The number of halogens is 1. The van der Waals surface area contributed by atoms with Crippen LogP contribution in [-0.2, 0) is 0 Å². The summed E-state index contributed by atoms with van der Waals surface area (Å²) >= 11 is 6.04. The Morgan fingerprint density at radius 1 is 1.38 bits per heavy atom. The first kappa shape index (κ1) is 14.9. The average Bonchev–Trinajstić information content (AvgIpc) is 3.28. The summed E-state index contributed by atoms with van der Waals surface area (Å²) in [5.74, 6) is -0.0767. The molecule has 0 aliphatic heterocycles. The number of nitrogens with one attached hydrogen (secondary N) is 1. The van der Waals surface area contributed by atoms with E-state index in [-0.39, 0.29) is 17.9 Å². The third-order valence-corrected chi connectivity index (χ3v) is 5.07. The number of aromatic nitrogens is 1. The van der Waals surface area contributed by atoms with Gasteiger partial charge in [-0.2, -0.15) is 0 Å². The lowest BCUT2D eigenvalue weighted by Crippen LogP contribution is -2.41. The maximum Gasteiger partial charge on any atom is 0.267 e. The molecule has 0 unspecified atom stereocenters. The lowest BCUT2D eigenvalue weighted by molar-refractivity contribution is 0.0713.